The average Bonchev–Trinajstić information content (AvgIpc) is 2.95. The van der Waals surface area contributed by atoms with Crippen LogP contribution in [0.25, 0.3) is 0 Å². The molecule has 244 valence electrons. The number of aryl methyl sites for hydroxylation is 1. The molecular weight excluding hydrogens is 618 g/mol. The second-order valence-electron chi connectivity index (χ2n) is 11.6. The fourth-order valence-electron chi connectivity index (χ4n) is 4.76. The van der Waals surface area contributed by atoms with Crippen molar-refractivity contribution in [3.8, 4) is 5.75 Å². The van der Waals surface area contributed by atoms with Gasteiger partial charge in [-0.2, -0.15) is 26.0 Å². The van der Waals surface area contributed by atoms with Crippen molar-refractivity contribution in [1.29, 1.82) is 0 Å². The van der Waals surface area contributed by atoms with Gasteiger partial charge in [-0.05, 0) is 70.4 Å². The molecule has 0 bridgehead atoms. The first-order valence-electron chi connectivity index (χ1n) is 14.1. The molecule has 0 radical (unpaired) electrons. The monoisotopic (exact) mass is 653 g/mol. The third kappa shape index (κ3) is 8.32. The van der Waals surface area contributed by atoms with Crippen LogP contribution in [-0.4, -0.2) is 61.2 Å². The predicted octanol–water partition coefficient (Wildman–Crippen LogP) is 6.16. The Labute approximate surface area is 259 Å². The fourth-order valence-corrected chi connectivity index (χ4v) is 6.09. The van der Waals surface area contributed by atoms with Crippen molar-refractivity contribution in [2.45, 2.75) is 69.9 Å². The third-order valence-corrected chi connectivity index (χ3v) is 8.61. The molecule has 3 aromatic rings. The molecule has 1 aromatic carbocycles. The number of halogens is 4. The Hall–Kier alpha value is -4.14. The van der Waals surface area contributed by atoms with E-state index in [0.717, 1.165) is 17.8 Å². The van der Waals surface area contributed by atoms with Gasteiger partial charge in [0, 0.05) is 24.7 Å². The van der Waals surface area contributed by atoms with E-state index in [1.165, 1.54) is 24.1 Å². The maximum absolute atomic E-state index is 14.3. The van der Waals surface area contributed by atoms with Crippen LogP contribution in [0.3, 0.4) is 0 Å². The van der Waals surface area contributed by atoms with Gasteiger partial charge in [0.15, 0.2) is 5.03 Å². The van der Waals surface area contributed by atoms with E-state index >= 15 is 0 Å². The van der Waals surface area contributed by atoms with Gasteiger partial charge in [0.1, 0.15) is 17.2 Å². The van der Waals surface area contributed by atoms with E-state index < -0.39 is 62.7 Å². The van der Waals surface area contributed by atoms with Crippen LogP contribution in [0, 0.1) is 12.9 Å². The lowest BCUT2D eigenvalue weighted by Gasteiger charge is -2.34. The van der Waals surface area contributed by atoms with Crippen molar-refractivity contribution < 1.29 is 40.2 Å². The largest absolute Gasteiger partial charge is 0.496 e. The average molecular weight is 654 g/mol. The van der Waals surface area contributed by atoms with Crippen LogP contribution in [0.15, 0.2) is 53.7 Å². The number of nitrogens with zero attached hydrogens (tertiary/aromatic N) is 4. The van der Waals surface area contributed by atoms with Crippen LogP contribution < -0.4 is 14.4 Å². The molecule has 15 heteroatoms. The van der Waals surface area contributed by atoms with Crippen LogP contribution in [0.4, 0.5) is 33.9 Å². The van der Waals surface area contributed by atoms with Gasteiger partial charge in [0.05, 0.1) is 31.1 Å². The topological polar surface area (TPSA) is 114 Å². The molecular formula is C30H35F4N5O5S. The van der Waals surface area contributed by atoms with Gasteiger partial charge in [-0.15, -0.1) is 0 Å². The van der Waals surface area contributed by atoms with Crippen molar-refractivity contribution in [3.63, 3.8) is 0 Å². The Morgan fingerprint density at radius 2 is 1.80 bits per heavy atom. The summed E-state index contributed by atoms with van der Waals surface area (Å²) in [4.78, 5) is 21.4. The molecule has 0 aliphatic carbocycles. The summed E-state index contributed by atoms with van der Waals surface area (Å²) in [6, 6.07) is 8.46. The summed E-state index contributed by atoms with van der Waals surface area (Å²) in [5, 5.41) is 1.92. The number of benzene rings is 1. The van der Waals surface area contributed by atoms with Gasteiger partial charge in [0.25, 0.3) is 10.0 Å². The van der Waals surface area contributed by atoms with Gasteiger partial charge in [-0.25, -0.2) is 19.1 Å². The van der Waals surface area contributed by atoms with Crippen molar-refractivity contribution in [2.75, 3.05) is 29.8 Å². The van der Waals surface area contributed by atoms with Crippen molar-refractivity contribution >= 4 is 27.6 Å². The number of amides is 1. The molecule has 10 nitrogen and oxygen atoms in total. The summed E-state index contributed by atoms with van der Waals surface area (Å²) in [7, 11) is -3.43. The number of methoxy groups -OCH3 is 1. The van der Waals surface area contributed by atoms with Crippen molar-refractivity contribution in [2.24, 2.45) is 0 Å². The molecule has 1 amide bonds. The summed E-state index contributed by atoms with van der Waals surface area (Å²) in [5.41, 5.74) is -1.15. The van der Waals surface area contributed by atoms with E-state index in [4.69, 9.17) is 9.47 Å². The van der Waals surface area contributed by atoms with E-state index in [9.17, 15) is 30.8 Å². The van der Waals surface area contributed by atoms with E-state index in [2.05, 4.69) is 15.3 Å². The maximum Gasteiger partial charge on any atom is 0.418 e. The molecule has 0 unspecified atom stereocenters. The van der Waals surface area contributed by atoms with Gasteiger partial charge < -0.3 is 19.7 Å². The van der Waals surface area contributed by atoms with Crippen LogP contribution in [0.1, 0.15) is 50.3 Å². The summed E-state index contributed by atoms with van der Waals surface area (Å²) < 4.78 is 96.4. The Bertz CT molecular complexity index is 1640. The molecule has 3 heterocycles. The summed E-state index contributed by atoms with van der Waals surface area (Å²) in [6.45, 7) is 7.10. The second kappa shape index (κ2) is 13.1. The van der Waals surface area contributed by atoms with Crippen molar-refractivity contribution in [3.05, 3.63) is 71.3 Å². The van der Waals surface area contributed by atoms with E-state index in [0.29, 0.717) is 34.5 Å². The number of carbonyl (C=O) groups excluding carboxylic acids is 1. The number of carbonyl (C=O) groups is 1. The lowest BCUT2D eigenvalue weighted by atomic mass is 10.0. The van der Waals surface area contributed by atoms with Crippen LogP contribution >= 0.6 is 0 Å². The quantitative estimate of drug-likeness (QED) is 0.227. The SMILES string of the molecule is COc1cc(C)ccc1CN(c1cccc(F)n1)S(=O)(=O)c1cc(C(F)(F)F)c(NC2CCN(C(=O)OC(C)(C)C)CC2)cn1. The zero-order chi connectivity index (χ0) is 33.2. The number of pyridine rings is 2. The minimum absolute atomic E-state index is 0.256. The zero-order valence-electron chi connectivity index (χ0n) is 25.5. The standard InChI is InChI=1S/C30H35F4N5O5S/c1-19-9-10-20(24(15-19)43-5)18-39(26-8-6-7-25(31)37-26)45(41,42)27-16-22(30(32,33)34)23(17-35-27)36-21-11-13-38(14-12-21)28(40)44-29(2,3)4/h6-10,15-17,21,36H,11-14,18H2,1-5H3. The lowest BCUT2D eigenvalue weighted by molar-refractivity contribution is -0.137. The first-order valence-corrected chi connectivity index (χ1v) is 15.5. The number of likely N-dealkylation sites (tertiary alicyclic amines) is 1. The summed E-state index contributed by atoms with van der Waals surface area (Å²) in [5.74, 6) is -1.01. The number of rotatable bonds is 8. The number of nitrogens with one attached hydrogen (secondary N) is 1. The highest BCUT2D eigenvalue weighted by Crippen LogP contribution is 2.38. The predicted molar refractivity (Wildman–Crippen MR) is 159 cm³/mol. The highest BCUT2D eigenvalue weighted by atomic mass is 32.2. The van der Waals surface area contributed by atoms with Gasteiger partial charge >= 0.3 is 12.3 Å². The van der Waals surface area contributed by atoms with Crippen molar-refractivity contribution in [1.82, 2.24) is 14.9 Å². The van der Waals surface area contributed by atoms with Gasteiger partial charge in [0.2, 0.25) is 5.95 Å². The molecule has 2 aromatic heterocycles. The van der Waals surface area contributed by atoms with E-state index in [1.807, 2.05) is 0 Å². The molecule has 0 spiro atoms. The van der Waals surface area contributed by atoms with Gasteiger partial charge in [-0.1, -0.05) is 18.2 Å². The number of alkyl halides is 3. The Kier molecular flexibility index (Phi) is 9.80. The number of piperidine rings is 1. The Morgan fingerprint density at radius 3 is 2.40 bits per heavy atom. The number of aromatic nitrogens is 2. The summed E-state index contributed by atoms with van der Waals surface area (Å²) >= 11 is 0. The molecule has 1 N–H and O–H groups in total. The molecule has 1 saturated heterocycles. The smallest absolute Gasteiger partial charge is 0.418 e. The Balaban J connectivity index is 1.65. The number of anilines is 2. The second-order valence-corrected chi connectivity index (χ2v) is 13.4. The summed E-state index contributed by atoms with van der Waals surface area (Å²) in [6.07, 6.45) is -3.98. The van der Waals surface area contributed by atoms with Crippen LogP contribution in [0.2, 0.25) is 0 Å². The molecule has 1 aliphatic rings. The normalized spacial score (nSPS) is 14.6. The molecule has 4 rings (SSSR count). The first kappa shape index (κ1) is 33.7. The third-order valence-electron chi connectivity index (χ3n) is 6.96. The first-order chi connectivity index (χ1) is 21.0. The minimum atomic E-state index is -4.95. The fraction of sp³-hybridized carbons (Fsp3) is 0.433. The van der Waals surface area contributed by atoms with E-state index in [-0.39, 0.29) is 18.9 Å². The lowest BCUT2D eigenvalue weighted by Crippen LogP contribution is -2.44. The molecule has 1 fully saturated rings. The minimum Gasteiger partial charge on any atom is -0.496 e. The maximum atomic E-state index is 14.3. The van der Waals surface area contributed by atoms with Gasteiger partial charge in [-0.3, -0.25) is 0 Å². The zero-order valence-corrected chi connectivity index (χ0v) is 26.3. The van der Waals surface area contributed by atoms with E-state index in [1.54, 1.807) is 45.9 Å². The molecule has 1 aliphatic heterocycles. The highest BCUT2D eigenvalue weighted by Gasteiger charge is 2.38. The molecule has 45 heavy (non-hydrogen) atoms. The number of sulfonamides is 1. The number of hydrogen-bond donors (Lipinski definition) is 1. The Morgan fingerprint density at radius 1 is 1.11 bits per heavy atom. The number of ether oxygens (including phenoxy) is 2. The number of hydrogen-bond acceptors (Lipinski definition) is 8. The van der Waals surface area contributed by atoms with Crippen LogP contribution in [-0.2, 0) is 27.5 Å². The van der Waals surface area contributed by atoms with Crippen LogP contribution in [0.5, 0.6) is 5.75 Å². The molecule has 0 saturated carbocycles. The highest BCUT2D eigenvalue weighted by molar-refractivity contribution is 7.92. The molecule has 0 atom stereocenters.